The van der Waals surface area contributed by atoms with Gasteiger partial charge in [0.25, 0.3) is 5.91 Å². The molecule has 0 radical (unpaired) electrons. The Morgan fingerprint density at radius 3 is 2.43 bits per heavy atom. The van der Waals surface area contributed by atoms with Crippen molar-refractivity contribution < 1.29 is 19.8 Å². The van der Waals surface area contributed by atoms with Crippen LogP contribution in [0, 0.1) is 6.92 Å². The maximum absolute atomic E-state index is 12.1. The van der Waals surface area contributed by atoms with E-state index in [1.165, 1.54) is 24.3 Å². The summed E-state index contributed by atoms with van der Waals surface area (Å²) in [5, 5.41) is 21.5. The van der Waals surface area contributed by atoms with Crippen LogP contribution in [0.25, 0.3) is 0 Å². The molecule has 0 atom stereocenters. The fourth-order valence-electron chi connectivity index (χ4n) is 1.83. The number of carboxylic acids is 1. The number of carboxylic acid groups (broad SMARTS) is 1. The van der Waals surface area contributed by atoms with E-state index in [2.05, 4.69) is 5.32 Å². The molecule has 0 aliphatic rings. The van der Waals surface area contributed by atoms with Crippen LogP contribution in [0.5, 0.6) is 5.75 Å². The van der Waals surface area contributed by atoms with Gasteiger partial charge in [-0.1, -0.05) is 11.6 Å². The van der Waals surface area contributed by atoms with Gasteiger partial charge in [0.15, 0.2) is 0 Å². The highest BCUT2D eigenvalue weighted by molar-refractivity contribution is 6.31. The topological polar surface area (TPSA) is 86.6 Å². The molecule has 21 heavy (non-hydrogen) atoms. The maximum atomic E-state index is 12.1. The molecule has 0 spiro atoms. The summed E-state index contributed by atoms with van der Waals surface area (Å²) in [6.45, 7) is 1.80. The number of benzene rings is 2. The first-order valence-corrected chi connectivity index (χ1v) is 6.39. The number of phenolic OH excluding ortho intramolecular Hbond substituents is 1. The average molecular weight is 306 g/mol. The van der Waals surface area contributed by atoms with E-state index in [9.17, 15) is 14.7 Å². The van der Waals surface area contributed by atoms with Gasteiger partial charge in [0, 0.05) is 10.6 Å². The summed E-state index contributed by atoms with van der Waals surface area (Å²) in [6, 6.07) is 8.48. The molecule has 1 amide bonds. The Hall–Kier alpha value is -2.53. The Labute approximate surface area is 125 Å². The molecular formula is C15H12ClNO4. The van der Waals surface area contributed by atoms with Gasteiger partial charge in [0.2, 0.25) is 0 Å². The van der Waals surface area contributed by atoms with Crippen molar-refractivity contribution in [2.75, 3.05) is 5.32 Å². The van der Waals surface area contributed by atoms with E-state index in [1.807, 2.05) is 0 Å². The van der Waals surface area contributed by atoms with Crippen molar-refractivity contribution in [2.24, 2.45) is 0 Å². The van der Waals surface area contributed by atoms with Crippen molar-refractivity contribution in [1.29, 1.82) is 0 Å². The minimum absolute atomic E-state index is 0.0255. The molecule has 0 saturated carbocycles. The number of amides is 1. The molecule has 3 N–H and O–H groups in total. The first-order chi connectivity index (χ1) is 9.86. The van der Waals surface area contributed by atoms with Crippen LogP contribution < -0.4 is 5.32 Å². The van der Waals surface area contributed by atoms with E-state index < -0.39 is 11.9 Å². The van der Waals surface area contributed by atoms with Crippen molar-refractivity contribution in [3.05, 3.63) is 58.1 Å². The third-order valence-electron chi connectivity index (χ3n) is 2.80. The summed E-state index contributed by atoms with van der Waals surface area (Å²) in [4.78, 5) is 23.0. The van der Waals surface area contributed by atoms with Gasteiger partial charge in [0.1, 0.15) is 5.75 Å². The Kier molecular flexibility index (Phi) is 4.14. The fraction of sp³-hybridized carbons (Fsp3) is 0.0667. The van der Waals surface area contributed by atoms with Crippen LogP contribution in [0.1, 0.15) is 26.3 Å². The third kappa shape index (κ3) is 3.52. The number of hydrogen-bond donors (Lipinski definition) is 3. The van der Waals surface area contributed by atoms with E-state index in [1.54, 1.807) is 19.1 Å². The van der Waals surface area contributed by atoms with Crippen molar-refractivity contribution in [3.63, 3.8) is 0 Å². The van der Waals surface area contributed by atoms with Gasteiger partial charge in [-0.15, -0.1) is 0 Å². The Bertz CT molecular complexity index is 707. The number of aromatic hydroxyl groups is 1. The molecule has 0 saturated heterocycles. The van der Waals surface area contributed by atoms with Crippen LogP contribution in [-0.4, -0.2) is 22.1 Å². The number of nitrogens with one attached hydrogen (secondary N) is 1. The van der Waals surface area contributed by atoms with Crippen LogP contribution in [0.15, 0.2) is 36.4 Å². The van der Waals surface area contributed by atoms with Crippen LogP contribution in [0.3, 0.4) is 0 Å². The molecule has 2 aromatic rings. The van der Waals surface area contributed by atoms with Crippen LogP contribution in [0.2, 0.25) is 5.02 Å². The van der Waals surface area contributed by atoms with Gasteiger partial charge in [0.05, 0.1) is 11.3 Å². The summed E-state index contributed by atoms with van der Waals surface area (Å²) >= 11 is 5.89. The van der Waals surface area contributed by atoms with Crippen LogP contribution in [0.4, 0.5) is 5.69 Å². The van der Waals surface area contributed by atoms with Gasteiger partial charge in [-0.2, -0.15) is 0 Å². The lowest BCUT2D eigenvalue weighted by molar-refractivity contribution is 0.0696. The molecule has 5 nitrogen and oxygen atoms in total. The van der Waals surface area contributed by atoms with Crippen LogP contribution >= 0.6 is 11.6 Å². The number of phenols is 1. The number of carbonyl (C=O) groups excluding carboxylic acids is 1. The fourth-order valence-corrected chi connectivity index (χ4v) is 2.12. The quantitative estimate of drug-likeness (QED) is 0.759. The van der Waals surface area contributed by atoms with Crippen molar-refractivity contribution in [1.82, 2.24) is 0 Å². The number of aryl methyl sites for hydroxylation is 1. The van der Waals surface area contributed by atoms with E-state index in [0.29, 0.717) is 10.6 Å². The minimum Gasteiger partial charge on any atom is -0.506 e. The number of halogens is 1. The Morgan fingerprint density at radius 1 is 1.10 bits per heavy atom. The number of aromatic carboxylic acids is 1. The molecule has 108 valence electrons. The molecular weight excluding hydrogens is 294 g/mol. The second-order valence-electron chi connectivity index (χ2n) is 4.51. The highest BCUT2D eigenvalue weighted by atomic mass is 35.5. The predicted octanol–water partition coefficient (Wildman–Crippen LogP) is 3.30. The molecule has 0 aromatic heterocycles. The molecule has 0 aliphatic heterocycles. The number of hydrogen-bond acceptors (Lipinski definition) is 3. The second kappa shape index (κ2) is 5.85. The average Bonchev–Trinajstić information content (AvgIpc) is 2.39. The molecule has 6 heteroatoms. The molecule has 2 rings (SSSR count). The van der Waals surface area contributed by atoms with Gasteiger partial charge < -0.3 is 15.5 Å². The highest BCUT2D eigenvalue weighted by Gasteiger charge is 2.12. The third-order valence-corrected chi connectivity index (χ3v) is 3.01. The molecule has 0 bridgehead atoms. The van der Waals surface area contributed by atoms with E-state index >= 15 is 0 Å². The molecule has 2 aromatic carbocycles. The summed E-state index contributed by atoms with van der Waals surface area (Å²) in [6.07, 6.45) is 0. The lowest BCUT2D eigenvalue weighted by atomic mass is 10.1. The van der Waals surface area contributed by atoms with E-state index in [-0.39, 0.29) is 17.0 Å². The summed E-state index contributed by atoms with van der Waals surface area (Å²) in [7, 11) is 0. The first kappa shape index (κ1) is 14.9. The van der Waals surface area contributed by atoms with E-state index in [0.717, 1.165) is 5.56 Å². The van der Waals surface area contributed by atoms with Gasteiger partial charge in [-0.05, 0) is 48.9 Å². The van der Waals surface area contributed by atoms with Crippen LogP contribution in [-0.2, 0) is 0 Å². The molecule has 0 heterocycles. The second-order valence-corrected chi connectivity index (χ2v) is 4.94. The van der Waals surface area contributed by atoms with E-state index in [4.69, 9.17) is 16.7 Å². The van der Waals surface area contributed by atoms with Gasteiger partial charge >= 0.3 is 5.97 Å². The minimum atomic E-state index is -1.15. The zero-order valence-corrected chi connectivity index (χ0v) is 11.8. The van der Waals surface area contributed by atoms with Crippen molar-refractivity contribution >= 4 is 29.2 Å². The number of rotatable bonds is 3. The van der Waals surface area contributed by atoms with Crippen molar-refractivity contribution in [2.45, 2.75) is 6.92 Å². The monoisotopic (exact) mass is 305 g/mol. The zero-order chi connectivity index (χ0) is 15.6. The van der Waals surface area contributed by atoms with Gasteiger partial charge in [-0.25, -0.2) is 4.79 Å². The SMILES string of the molecule is Cc1cc(Cl)cc(C(=O)Nc2cc(C(=O)O)ccc2O)c1. The summed E-state index contributed by atoms with van der Waals surface area (Å²) in [5.41, 5.74) is 1.12. The Morgan fingerprint density at radius 2 is 1.81 bits per heavy atom. The maximum Gasteiger partial charge on any atom is 0.335 e. The number of anilines is 1. The largest absolute Gasteiger partial charge is 0.506 e. The Balaban J connectivity index is 2.31. The first-order valence-electron chi connectivity index (χ1n) is 6.01. The molecule has 0 aliphatic carbocycles. The lowest BCUT2D eigenvalue weighted by Crippen LogP contribution is -2.13. The standard InChI is InChI=1S/C15H12ClNO4/c1-8-4-10(6-11(16)5-8)14(19)17-12-7-9(15(20)21)2-3-13(12)18/h2-7,18H,1H3,(H,17,19)(H,20,21). The predicted molar refractivity (Wildman–Crippen MR) is 79.2 cm³/mol. The molecule has 0 unspecified atom stereocenters. The smallest absolute Gasteiger partial charge is 0.335 e. The highest BCUT2D eigenvalue weighted by Crippen LogP contribution is 2.25. The lowest BCUT2D eigenvalue weighted by Gasteiger charge is -2.09. The summed E-state index contributed by atoms with van der Waals surface area (Å²) in [5.74, 6) is -1.85. The molecule has 0 fully saturated rings. The number of carbonyl (C=O) groups is 2. The van der Waals surface area contributed by atoms with Crippen molar-refractivity contribution in [3.8, 4) is 5.75 Å². The summed E-state index contributed by atoms with van der Waals surface area (Å²) < 4.78 is 0. The zero-order valence-electron chi connectivity index (χ0n) is 11.1. The normalized spacial score (nSPS) is 10.2. The van der Waals surface area contributed by atoms with Gasteiger partial charge in [-0.3, -0.25) is 4.79 Å².